The van der Waals surface area contributed by atoms with Crippen LogP contribution in [0.4, 0.5) is 0 Å². The molecule has 0 aromatic heterocycles. The zero-order chi connectivity index (χ0) is 18.5. The Bertz CT molecular complexity index is 585. The number of halogens is 1. The van der Waals surface area contributed by atoms with Gasteiger partial charge in [-0.15, -0.1) is 11.6 Å². The van der Waals surface area contributed by atoms with Crippen molar-refractivity contribution in [1.29, 1.82) is 0 Å². The summed E-state index contributed by atoms with van der Waals surface area (Å²) in [5, 5.41) is 10.1. The smallest absolute Gasteiger partial charge is 0.181 e. The summed E-state index contributed by atoms with van der Waals surface area (Å²) in [5.74, 6) is 1.12. The van der Waals surface area contributed by atoms with E-state index in [1.54, 1.807) is 7.11 Å². The average Bonchev–Trinajstić information content (AvgIpc) is 3.30. The second-order valence-electron chi connectivity index (χ2n) is 7.10. The number of methoxy groups -OCH3 is 1. The molecule has 4 atom stereocenters. The second-order valence-corrected chi connectivity index (χ2v) is 7.37. The van der Waals surface area contributed by atoms with Gasteiger partial charge in [0.25, 0.3) is 0 Å². The normalized spacial score (nSPS) is 27.8. The maximum atomic E-state index is 10.1. The lowest BCUT2D eigenvalue weighted by Gasteiger charge is -2.30. The number of nitrogens with zero attached hydrogens (tertiary/aromatic N) is 1. The first-order valence-electron chi connectivity index (χ1n) is 9.58. The van der Waals surface area contributed by atoms with Crippen molar-refractivity contribution in [2.24, 2.45) is 0 Å². The van der Waals surface area contributed by atoms with E-state index in [1.165, 1.54) is 12.8 Å². The highest BCUT2D eigenvalue weighted by Gasteiger charge is 2.37. The van der Waals surface area contributed by atoms with Crippen LogP contribution in [0, 0.1) is 0 Å². The fourth-order valence-electron chi connectivity index (χ4n) is 4.14. The molecule has 146 valence electrons. The number of benzene rings is 1. The van der Waals surface area contributed by atoms with Crippen LogP contribution in [0.3, 0.4) is 0 Å². The molecule has 1 N–H and O–H groups in total. The van der Waals surface area contributed by atoms with Crippen molar-refractivity contribution in [3.8, 4) is 5.75 Å². The van der Waals surface area contributed by atoms with Crippen LogP contribution in [-0.4, -0.2) is 55.1 Å². The molecule has 3 unspecified atom stereocenters. The van der Waals surface area contributed by atoms with Crippen molar-refractivity contribution in [3.05, 3.63) is 29.3 Å². The number of likely N-dealkylation sites (tertiary alicyclic amines) is 1. The summed E-state index contributed by atoms with van der Waals surface area (Å²) >= 11 is 6.08. The Kier molecular flexibility index (Phi) is 7.18. The minimum atomic E-state index is -0.947. The Morgan fingerprint density at radius 2 is 2.15 bits per heavy atom. The van der Waals surface area contributed by atoms with E-state index in [0.717, 1.165) is 37.2 Å². The number of aliphatic hydroxyl groups excluding tert-OH is 1. The van der Waals surface area contributed by atoms with E-state index >= 15 is 0 Å². The van der Waals surface area contributed by atoms with Crippen LogP contribution in [0.25, 0.3) is 0 Å². The molecule has 1 saturated carbocycles. The topological polar surface area (TPSA) is 51.2 Å². The van der Waals surface area contributed by atoms with Crippen molar-refractivity contribution < 1.29 is 19.3 Å². The summed E-state index contributed by atoms with van der Waals surface area (Å²) in [5.41, 5.74) is 1.56. The zero-order valence-electron chi connectivity index (χ0n) is 15.7. The van der Waals surface area contributed by atoms with Gasteiger partial charge < -0.3 is 19.3 Å². The molecule has 0 bridgehead atoms. The van der Waals surface area contributed by atoms with Crippen LogP contribution >= 0.6 is 11.6 Å². The van der Waals surface area contributed by atoms with Crippen molar-refractivity contribution >= 4 is 11.6 Å². The van der Waals surface area contributed by atoms with Gasteiger partial charge in [-0.25, -0.2) is 0 Å². The molecule has 2 aliphatic rings. The molecule has 1 aromatic carbocycles. The Hall–Kier alpha value is -0.850. The lowest BCUT2D eigenvalue weighted by Crippen LogP contribution is -2.42. The Morgan fingerprint density at radius 3 is 2.85 bits per heavy atom. The predicted molar refractivity (Wildman–Crippen MR) is 102 cm³/mol. The van der Waals surface area contributed by atoms with Gasteiger partial charge in [0.1, 0.15) is 11.9 Å². The Labute approximate surface area is 161 Å². The highest BCUT2D eigenvalue weighted by atomic mass is 35.5. The number of hydrogen-bond donors (Lipinski definition) is 1. The summed E-state index contributed by atoms with van der Waals surface area (Å²) in [7, 11) is 1.79. The van der Waals surface area contributed by atoms with Gasteiger partial charge in [0.05, 0.1) is 6.10 Å². The van der Waals surface area contributed by atoms with Gasteiger partial charge in [0.15, 0.2) is 6.29 Å². The second kappa shape index (κ2) is 9.38. The van der Waals surface area contributed by atoms with E-state index in [9.17, 15) is 5.11 Å². The third kappa shape index (κ3) is 4.52. The van der Waals surface area contributed by atoms with Crippen molar-refractivity contribution in [2.75, 3.05) is 26.8 Å². The molecular formula is C20H30ClNO4. The van der Waals surface area contributed by atoms with Crippen molar-refractivity contribution in [3.63, 3.8) is 0 Å². The van der Waals surface area contributed by atoms with E-state index in [2.05, 4.69) is 4.90 Å². The van der Waals surface area contributed by atoms with Gasteiger partial charge in [0, 0.05) is 44.3 Å². The lowest BCUT2D eigenvalue weighted by molar-refractivity contribution is -0.0983. The van der Waals surface area contributed by atoms with Crippen LogP contribution in [0.15, 0.2) is 18.2 Å². The summed E-state index contributed by atoms with van der Waals surface area (Å²) in [4.78, 5) is 2.52. The molecule has 6 heteroatoms. The molecule has 1 saturated heterocycles. The van der Waals surface area contributed by atoms with Crippen LogP contribution in [0.1, 0.15) is 50.0 Å². The highest BCUT2D eigenvalue weighted by molar-refractivity contribution is 6.17. The molecule has 26 heavy (non-hydrogen) atoms. The van der Waals surface area contributed by atoms with Gasteiger partial charge in [0.2, 0.25) is 0 Å². The Morgan fingerprint density at radius 1 is 1.31 bits per heavy atom. The standard InChI is InChI=1S/C20H30ClNO4/c1-3-25-20(23)17-8-7-15(11-14(17)12-21)26-19-6-4-5-18(19)22-10-9-16(13-22)24-2/h7-8,11,16,18-20,23H,3-6,9-10,12-13H2,1-2H3/t16-,18?,19?,20?/m1/s1. The molecule has 1 heterocycles. The number of aliphatic hydroxyl groups is 1. The number of hydrogen-bond acceptors (Lipinski definition) is 5. The summed E-state index contributed by atoms with van der Waals surface area (Å²) in [6, 6.07) is 6.14. The van der Waals surface area contributed by atoms with Gasteiger partial charge in [-0.3, -0.25) is 4.90 Å². The average molecular weight is 384 g/mol. The molecule has 1 aliphatic carbocycles. The first-order chi connectivity index (χ1) is 12.7. The molecule has 1 aromatic rings. The maximum Gasteiger partial charge on any atom is 0.181 e. The Balaban J connectivity index is 1.67. The molecule has 5 nitrogen and oxygen atoms in total. The van der Waals surface area contributed by atoms with Crippen molar-refractivity contribution in [1.82, 2.24) is 4.90 Å². The third-order valence-corrected chi connectivity index (χ3v) is 5.82. The van der Waals surface area contributed by atoms with Crippen LogP contribution in [-0.2, 0) is 15.4 Å². The van der Waals surface area contributed by atoms with Gasteiger partial charge in [-0.2, -0.15) is 0 Å². The fraction of sp³-hybridized carbons (Fsp3) is 0.700. The lowest BCUT2D eigenvalue weighted by atomic mass is 10.1. The highest BCUT2D eigenvalue weighted by Crippen LogP contribution is 2.32. The molecule has 0 spiro atoms. The molecule has 0 radical (unpaired) electrons. The van der Waals surface area contributed by atoms with E-state index in [-0.39, 0.29) is 6.10 Å². The van der Waals surface area contributed by atoms with Crippen molar-refractivity contribution in [2.45, 2.75) is 63.0 Å². The summed E-state index contributed by atoms with van der Waals surface area (Å²) < 4.78 is 17.1. The molecule has 3 rings (SSSR count). The first-order valence-corrected chi connectivity index (χ1v) is 10.1. The maximum absolute atomic E-state index is 10.1. The van der Waals surface area contributed by atoms with E-state index in [0.29, 0.717) is 30.2 Å². The van der Waals surface area contributed by atoms with Crippen LogP contribution in [0.2, 0.25) is 0 Å². The minimum Gasteiger partial charge on any atom is -0.489 e. The zero-order valence-corrected chi connectivity index (χ0v) is 16.5. The summed E-state index contributed by atoms with van der Waals surface area (Å²) in [6.07, 6.45) is 4.11. The molecule has 1 aliphatic heterocycles. The molecule has 0 amide bonds. The predicted octanol–water partition coefficient (Wildman–Crippen LogP) is 3.47. The number of rotatable bonds is 8. The van der Waals surface area contributed by atoms with E-state index < -0.39 is 6.29 Å². The van der Waals surface area contributed by atoms with E-state index in [1.807, 2.05) is 25.1 Å². The quantitative estimate of drug-likeness (QED) is 0.550. The SMILES string of the molecule is CCOC(O)c1ccc(OC2CCCC2N2CC[C@@H](OC)C2)cc1CCl. The molecular weight excluding hydrogens is 354 g/mol. The monoisotopic (exact) mass is 383 g/mol. The largest absolute Gasteiger partial charge is 0.489 e. The third-order valence-electron chi connectivity index (χ3n) is 5.53. The minimum absolute atomic E-state index is 0.191. The molecule has 2 fully saturated rings. The van der Waals surface area contributed by atoms with E-state index in [4.69, 9.17) is 25.8 Å². The fourth-order valence-corrected chi connectivity index (χ4v) is 4.38. The van der Waals surface area contributed by atoms with Gasteiger partial charge >= 0.3 is 0 Å². The van der Waals surface area contributed by atoms with Gasteiger partial charge in [-0.05, 0) is 56.4 Å². The van der Waals surface area contributed by atoms with Crippen LogP contribution < -0.4 is 4.74 Å². The first kappa shape index (κ1) is 19.9. The van der Waals surface area contributed by atoms with Crippen LogP contribution in [0.5, 0.6) is 5.75 Å². The number of ether oxygens (including phenoxy) is 3. The summed E-state index contributed by atoms with van der Waals surface area (Å²) in [6.45, 7) is 4.37. The number of alkyl halides is 1. The van der Waals surface area contributed by atoms with Gasteiger partial charge in [-0.1, -0.05) is 0 Å².